The van der Waals surface area contributed by atoms with Crippen LogP contribution in [0.4, 0.5) is 17.2 Å². The van der Waals surface area contributed by atoms with Gasteiger partial charge in [0.1, 0.15) is 12.4 Å². The van der Waals surface area contributed by atoms with E-state index in [1.807, 2.05) is 36.4 Å². The zero-order valence-corrected chi connectivity index (χ0v) is 21.3. The largest absolute Gasteiger partial charge is 0.397 e. The number of halogens is 1. The van der Waals surface area contributed by atoms with E-state index < -0.39 is 0 Å². The Kier molecular flexibility index (Phi) is 6.69. The lowest BCUT2D eigenvalue weighted by molar-refractivity contribution is -0.114. The summed E-state index contributed by atoms with van der Waals surface area (Å²) in [5.41, 5.74) is 11.2. The van der Waals surface area contributed by atoms with Gasteiger partial charge in [-0.15, -0.1) is 0 Å². The summed E-state index contributed by atoms with van der Waals surface area (Å²) in [4.78, 5) is 32.6. The van der Waals surface area contributed by atoms with Gasteiger partial charge in [0.2, 0.25) is 5.91 Å². The molecule has 0 aliphatic carbocycles. The zero-order valence-electron chi connectivity index (χ0n) is 20.6. The first-order valence-corrected chi connectivity index (χ1v) is 12.4. The third-order valence-electron chi connectivity index (χ3n) is 6.36. The number of hydrogen-bond donors (Lipinski definition) is 3. The maximum Gasteiger partial charge on any atom is 0.279 e. The Bertz CT molecular complexity index is 1500. The highest BCUT2D eigenvalue weighted by Gasteiger charge is 2.33. The lowest BCUT2D eigenvalue weighted by Gasteiger charge is -2.21. The molecule has 0 atom stereocenters. The summed E-state index contributed by atoms with van der Waals surface area (Å²) in [7, 11) is 0. The van der Waals surface area contributed by atoms with Gasteiger partial charge in [-0.25, -0.2) is 4.98 Å². The highest BCUT2D eigenvalue weighted by molar-refractivity contribution is 6.33. The van der Waals surface area contributed by atoms with E-state index in [2.05, 4.69) is 34.7 Å². The molecular weight excluding hydrogens is 488 g/mol. The number of anilines is 3. The third kappa shape index (κ3) is 4.69. The summed E-state index contributed by atoms with van der Waals surface area (Å²) in [6, 6.07) is 21.0. The summed E-state index contributed by atoms with van der Waals surface area (Å²) >= 11 is 6.11. The number of carbonyl (C=O) groups is 2. The van der Waals surface area contributed by atoms with Crippen molar-refractivity contribution in [2.45, 2.75) is 20.4 Å². The van der Waals surface area contributed by atoms with Gasteiger partial charge in [-0.3, -0.25) is 19.1 Å². The molecule has 1 aliphatic heterocycles. The zero-order chi connectivity index (χ0) is 26.1. The molecule has 0 radical (unpaired) electrons. The number of hydrogen-bond acceptors (Lipinski definition) is 5. The molecule has 188 valence electrons. The van der Waals surface area contributed by atoms with Crippen molar-refractivity contribution in [3.8, 4) is 16.8 Å². The molecule has 1 aliphatic rings. The molecule has 37 heavy (non-hydrogen) atoms. The minimum atomic E-state index is -0.345. The smallest absolute Gasteiger partial charge is 0.279 e. The number of nitrogen functional groups attached to an aromatic ring is 1. The molecule has 8 nitrogen and oxygen atoms in total. The lowest BCUT2D eigenvalue weighted by atomic mass is 9.99. The Morgan fingerprint density at radius 3 is 2.51 bits per heavy atom. The van der Waals surface area contributed by atoms with Crippen LogP contribution in [0.15, 0.2) is 66.7 Å². The highest BCUT2D eigenvalue weighted by atomic mass is 35.5. The van der Waals surface area contributed by atoms with Crippen LogP contribution in [-0.4, -0.2) is 34.5 Å². The molecule has 3 aromatic carbocycles. The molecule has 1 aromatic heterocycles. The number of amides is 2. The van der Waals surface area contributed by atoms with E-state index in [9.17, 15) is 9.59 Å². The fourth-order valence-corrected chi connectivity index (χ4v) is 4.68. The average molecular weight is 515 g/mol. The van der Waals surface area contributed by atoms with Gasteiger partial charge >= 0.3 is 0 Å². The number of nitrogens with one attached hydrogen (secondary N) is 2. The molecule has 4 aromatic rings. The minimum absolute atomic E-state index is 0.132. The lowest BCUT2D eigenvalue weighted by Crippen LogP contribution is -2.36. The summed E-state index contributed by atoms with van der Waals surface area (Å²) < 4.78 is 1.69. The van der Waals surface area contributed by atoms with Gasteiger partial charge in [-0.05, 0) is 60.5 Å². The van der Waals surface area contributed by atoms with Crippen molar-refractivity contribution in [3.63, 3.8) is 0 Å². The van der Waals surface area contributed by atoms with Crippen LogP contribution in [0.1, 0.15) is 28.8 Å². The van der Waals surface area contributed by atoms with Crippen molar-refractivity contribution in [3.05, 3.63) is 88.8 Å². The Morgan fingerprint density at radius 2 is 1.78 bits per heavy atom. The van der Waals surface area contributed by atoms with Gasteiger partial charge in [0.05, 0.1) is 10.7 Å². The number of aryl methyl sites for hydroxylation is 1. The van der Waals surface area contributed by atoms with Crippen LogP contribution >= 0.6 is 11.6 Å². The third-order valence-corrected chi connectivity index (χ3v) is 6.71. The maximum atomic E-state index is 13.9. The Balaban J connectivity index is 1.53. The van der Waals surface area contributed by atoms with Crippen molar-refractivity contribution in [1.29, 1.82) is 0 Å². The number of nitrogens with zero attached hydrogens (tertiary/aromatic N) is 3. The van der Waals surface area contributed by atoms with Crippen LogP contribution in [0.25, 0.3) is 16.8 Å². The van der Waals surface area contributed by atoms with Crippen molar-refractivity contribution < 1.29 is 9.59 Å². The molecule has 0 fully saturated rings. The number of rotatable bonds is 6. The van der Waals surface area contributed by atoms with Crippen molar-refractivity contribution >= 4 is 40.6 Å². The molecule has 9 heteroatoms. The highest BCUT2D eigenvalue weighted by Crippen LogP contribution is 2.32. The number of aromatic nitrogens is 2. The second-order valence-electron chi connectivity index (χ2n) is 8.82. The standard InChI is InChI=1S/C28H27ClN6O2/c1-3-31-15-19-6-4-5-7-22(19)18-8-10-20(11-9-18)34-16-25(36)33-27-26(28(34)37)35(17(2)32-27)21-12-13-23(29)24(30)14-21/h4-14,31H,3,15-16,30H2,1-2H3,(H,33,36). The first-order valence-electron chi connectivity index (χ1n) is 12.0. The molecule has 5 rings (SSSR count). The summed E-state index contributed by atoms with van der Waals surface area (Å²) in [5, 5.41) is 6.57. The van der Waals surface area contributed by atoms with Crippen molar-refractivity contribution in [2.24, 2.45) is 0 Å². The molecule has 0 saturated carbocycles. The quantitative estimate of drug-likeness (QED) is 0.321. The maximum absolute atomic E-state index is 13.9. The fraction of sp³-hybridized carbons (Fsp3) is 0.179. The first-order chi connectivity index (χ1) is 17.9. The van der Waals surface area contributed by atoms with Crippen LogP contribution < -0.4 is 21.3 Å². The molecule has 0 unspecified atom stereocenters. The molecular formula is C28H27ClN6O2. The van der Waals surface area contributed by atoms with E-state index in [-0.39, 0.29) is 29.9 Å². The normalized spacial score (nSPS) is 13.3. The predicted octanol–water partition coefficient (Wildman–Crippen LogP) is 4.79. The number of carbonyl (C=O) groups excluding carboxylic acids is 2. The number of nitrogens with two attached hydrogens (primary N) is 1. The van der Waals surface area contributed by atoms with Gasteiger partial charge in [-0.1, -0.05) is 54.9 Å². The van der Waals surface area contributed by atoms with Gasteiger partial charge < -0.3 is 16.4 Å². The molecule has 4 N–H and O–H groups in total. The van der Waals surface area contributed by atoms with Crippen LogP contribution in [0.3, 0.4) is 0 Å². The molecule has 0 saturated heterocycles. The van der Waals surface area contributed by atoms with E-state index in [4.69, 9.17) is 17.3 Å². The summed E-state index contributed by atoms with van der Waals surface area (Å²) in [5.74, 6) is 0.0857. The monoisotopic (exact) mass is 514 g/mol. The summed E-state index contributed by atoms with van der Waals surface area (Å²) in [6.07, 6.45) is 0. The van der Waals surface area contributed by atoms with E-state index in [0.29, 0.717) is 27.9 Å². The topological polar surface area (TPSA) is 105 Å². The van der Waals surface area contributed by atoms with Crippen LogP contribution in [0.5, 0.6) is 0 Å². The van der Waals surface area contributed by atoms with Crippen LogP contribution in [-0.2, 0) is 11.3 Å². The summed E-state index contributed by atoms with van der Waals surface area (Å²) in [6.45, 7) is 5.36. The van der Waals surface area contributed by atoms with Gasteiger partial charge in [0.25, 0.3) is 5.91 Å². The van der Waals surface area contributed by atoms with E-state index in [1.165, 1.54) is 10.5 Å². The Morgan fingerprint density at radius 1 is 1.05 bits per heavy atom. The number of fused-ring (bicyclic) bond motifs is 1. The van der Waals surface area contributed by atoms with E-state index >= 15 is 0 Å². The van der Waals surface area contributed by atoms with Gasteiger partial charge in [0.15, 0.2) is 11.5 Å². The average Bonchev–Trinajstić information content (AvgIpc) is 3.16. The predicted molar refractivity (Wildman–Crippen MR) is 147 cm³/mol. The Labute approximate surface area is 220 Å². The second kappa shape index (κ2) is 10.1. The number of imidazole rings is 1. The van der Waals surface area contributed by atoms with Gasteiger partial charge in [-0.2, -0.15) is 0 Å². The minimum Gasteiger partial charge on any atom is -0.397 e. The van der Waals surface area contributed by atoms with E-state index in [0.717, 1.165) is 24.2 Å². The van der Waals surface area contributed by atoms with E-state index in [1.54, 1.807) is 29.7 Å². The van der Waals surface area contributed by atoms with Crippen molar-refractivity contribution in [1.82, 2.24) is 14.9 Å². The first kappa shape index (κ1) is 24.5. The molecule has 2 heterocycles. The van der Waals surface area contributed by atoms with Gasteiger partial charge in [0, 0.05) is 17.9 Å². The molecule has 0 spiro atoms. The fourth-order valence-electron chi connectivity index (χ4n) is 4.56. The number of benzene rings is 3. The van der Waals surface area contributed by atoms with Crippen molar-refractivity contribution in [2.75, 3.05) is 29.0 Å². The van der Waals surface area contributed by atoms with Crippen LogP contribution in [0, 0.1) is 6.92 Å². The van der Waals surface area contributed by atoms with Crippen LogP contribution in [0.2, 0.25) is 5.02 Å². The second-order valence-corrected chi connectivity index (χ2v) is 9.23. The molecule has 2 amide bonds. The SMILES string of the molecule is CCNCc1ccccc1-c1ccc(N2CC(=O)Nc3nc(C)n(-c4ccc(Cl)c(N)c4)c3C2=O)cc1. The molecule has 0 bridgehead atoms. The Hall–Kier alpha value is -4.14.